The average molecular weight is 252 g/mol. The molecule has 0 radical (unpaired) electrons. The molecule has 1 saturated heterocycles. The van der Waals surface area contributed by atoms with Gasteiger partial charge in [0.05, 0.1) is 6.04 Å². The largest absolute Gasteiger partial charge is 0.465 e. The molecular weight excluding hydrogens is 236 g/mol. The van der Waals surface area contributed by atoms with Crippen molar-refractivity contribution in [3.63, 3.8) is 0 Å². The van der Waals surface area contributed by atoms with Gasteiger partial charge in [-0.2, -0.15) is 0 Å². The minimum Gasteiger partial charge on any atom is -0.465 e. The second kappa shape index (κ2) is 4.44. The summed E-state index contributed by atoms with van der Waals surface area (Å²) in [6.07, 6.45) is 0.341. The van der Waals surface area contributed by atoms with Crippen LogP contribution < -0.4 is 0 Å². The Morgan fingerprint density at radius 1 is 1.22 bits per heavy atom. The normalized spacial score (nSPS) is 25.1. The number of nitrogens with zero attached hydrogens (tertiary/aromatic N) is 2. The summed E-state index contributed by atoms with van der Waals surface area (Å²) in [5.41, 5.74) is 0.930. The SMILES string of the molecule is CC1=C(C)C(=O)N(C2CCCN(C(=O)O)C2)C1=O. The fourth-order valence-electron chi connectivity index (χ4n) is 2.45. The van der Waals surface area contributed by atoms with E-state index in [1.807, 2.05) is 0 Å². The lowest BCUT2D eigenvalue weighted by Gasteiger charge is -2.35. The van der Waals surface area contributed by atoms with Crippen LogP contribution in [-0.2, 0) is 9.59 Å². The summed E-state index contributed by atoms with van der Waals surface area (Å²) in [6.45, 7) is 3.95. The van der Waals surface area contributed by atoms with Crippen LogP contribution in [0.2, 0.25) is 0 Å². The van der Waals surface area contributed by atoms with Gasteiger partial charge in [0.1, 0.15) is 0 Å². The number of rotatable bonds is 1. The van der Waals surface area contributed by atoms with E-state index in [1.165, 1.54) is 9.80 Å². The number of carboxylic acid groups (broad SMARTS) is 1. The van der Waals surface area contributed by atoms with E-state index in [9.17, 15) is 14.4 Å². The maximum atomic E-state index is 12.0. The minimum absolute atomic E-state index is 0.216. The molecule has 3 amide bonds. The summed E-state index contributed by atoms with van der Waals surface area (Å²) in [7, 11) is 0. The molecule has 6 heteroatoms. The van der Waals surface area contributed by atoms with Gasteiger partial charge in [0.2, 0.25) is 0 Å². The Bertz CT molecular complexity index is 431. The van der Waals surface area contributed by atoms with E-state index in [0.29, 0.717) is 30.5 Å². The molecule has 18 heavy (non-hydrogen) atoms. The van der Waals surface area contributed by atoms with E-state index in [-0.39, 0.29) is 24.4 Å². The van der Waals surface area contributed by atoms with Gasteiger partial charge in [-0.25, -0.2) is 4.79 Å². The molecule has 2 aliphatic heterocycles. The number of amides is 3. The molecule has 1 N–H and O–H groups in total. The van der Waals surface area contributed by atoms with Crippen molar-refractivity contribution in [3.05, 3.63) is 11.1 Å². The monoisotopic (exact) mass is 252 g/mol. The van der Waals surface area contributed by atoms with Crippen LogP contribution in [0.1, 0.15) is 26.7 Å². The standard InChI is InChI=1S/C12H16N2O4/c1-7-8(2)11(16)14(10(7)15)9-4-3-5-13(6-9)12(17)18/h9H,3-6H2,1-2H3,(H,17,18). The highest BCUT2D eigenvalue weighted by Gasteiger charge is 2.40. The van der Waals surface area contributed by atoms with Crippen molar-refractivity contribution in [1.29, 1.82) is 0 Å². The first-order valence-corrected chi connectivity index (χ1v) is 5.96. The van der Waals surface area contributed by atoms with Gasteiger partial charge in [-0.3, -0.25) is 14.5 Å². The van der Waals surface area contributed by atoms with Crippen LogP contribution in [0.25, 0.3) is 0 Å². The molecule has 0 aliphatic carbocycles. The van der Waals surface area contributed by atoms with Crippen LogP contribution in [0.4, 0.5) is 4.79 Å². The second-order valence-electron chi connectivity index (χ2n) is 4.75. The van der Waals surface area contributed by atoms with Gasteiger partial charge in [-0.05, 0) is 26.7 Å². The van der Waals surface area contributed by atoms with Gasteiger partial charge in [0, 0.05) is 24.2 Å². The zero-order valence-corrected chi connectivity index (χ0v) is 10.5. The zero-order chi connectivity index (χ0) is 13.4. The molecule has 6 nitrogen and oxygen atoms in total. The van der Waals surface area contributed by atoms with Crippen LogP contribution in [0.15, 0.2) is 11.1 Å². The number of hydrogen-bond acceptors (Lipinski definition) is 3. The van der Waals surface area contributed by atoms with Gasteiger partial charge in [-0.15, -0.1) is 0 Å². The third kappa shape index (κ3) is 1.87. The molecule has 2 heterocycles. The lowest BCUT2D eigenvalue weighted by molar-refractivity contribution is -0.141. The third-order valence-corrected chi connectivity index (χ3v) is 3.67. The first-order valence-electron chi connectivity index (χ1n) is 5.96. The smallest absolute Gasteiger partial charge is 0.407 e. The molecule has 0 saturated carbocycles. The molecular formula is C12H16N2O4. The highest BCUT2D eigenvalue weighted by molar-refractivity contribution is 6.19. The molecule has 1 fully saturated rings. The highest BCUT2D eigenvalue weighted by atomic mass is 16.4. The Labute approximate surface area is 105 Å². The van der Waals surface area contributed by atoms with Gasteiger partial charge < -0.3 is 10.0 Å². The first kappa shape index (κ1) is 12.6. The molecule has 2 rings (SSSR count). The minimum atomic E-state index is -1.000. The van der Waals surface area contributed by atoms with E-state index >= 15 is 0 Å². The average Bonchev–Trinajstić information content (AvgIpc) is 2.54. The topological polar surface area (TPSA) is 77.9 Å². The summed E-state index contributed by atoms with van der Waals surface area (Å²) >= 11 is 0. The molecule has 0 aromatic carbocycles. The Kier molecular flexibility index (Phi) is 3.11. The molecule has 0 bridgehead atoms. The van der Waals surface area contributed by atoms with Gasteiger partial charge in [0.25, 0.3) is 11.8 Å². The van der Waals surface area contributed by atoms with Crippen molar-refractivity contribution < 1.29 is 19.5 Å². The van der Waals surface area contributed by atoms with Crippen LogP contribution in [-0.4, -0.2) is 51.9 Å². The number of imide groups is 1. The Balaban J connectivity index is 2.16. The Morgan fingerprint density at radius 3 is 2.28 bits per heavy atom. The maximum absolute atomic E-state index is 12.0. The Hall–Kier alpha value is -1.85. The van der Waals surface area contributed by atoms with Gasteiger partial charge >= 0.3 is 6.09 Å². The van der Waals surface area contributed by atoms with E-state index in [0.717, 1.165) is 0 Å². The van der Waals surface area contributed by atoms with E-state index in [1.54, 1.807) is 13.8 Å². The number of hydrogen-bond donors (Lipinski definition) is 1. The van der Waals surface area contributed by atoms with Crippen LogP contribution in [0, 0.1) is 0 Å². The Morgan fingerprint density at radius 2 is 1.78 bits per heavy atom. The fraction of sp³-hybridized carbons (Fsp3) is 0.583. The number of carbonyl (C=O) groups excluding carboxylic acids is 2. The van der Waals surface area contributed by atoms with Crippen molar-refractivity contribution in [2.75, 3.05) is 13.1 Å². The molecule has 98 valence electrons. The summed E-state index contributed by atoms with van der Waals surface area (Å²) in [5, 5.41) is 8.96. The lowest BCUT2D eigenvalue weighted by Crippen LogP contribution is -2.51. The molecule has 2 aliphatic rings. The van der Waals surface area contributed by atoms with Crippen molar-refractivity contribution >= 4 is 17.9 Å². The van der Waals surface area contributed by atoms with E-state index in [2.05, 4.69) is 0 Å². The summed E-state index contributed by atoms with van der Waals surface area (Å²) in [4.78, 5) is 37.4. The maximum Gasteiger partial charge on any atom is 0.407 e. The van der Waals surface area contributed by atoms with Crippen molar-refractivity contribution in [3.8, 4) is 0 Å². The van der Waals surface area contributed by atoms with Crippen LogP contribution in [0.5, 0.6) is 0 Å². The lowest BCUT2D eigenvalue weighted by atomic mass is 10.0. The summed E-state index contributed by atoms with van der Waals surface area (Å²) < 4.78 is 0. The summed E-state index contributed by atoms with van der Waals surface area (Å²) in [6, 6.07) is -0.331. The van der Waals surface area contributed by atoms with Crippen molar-refractivity contribution in [1.82, 2.24) is 9.80 Å². The molecule has 1 atom stereocenters. The van der Waals surface area contributed by atoms with E-state index < -0.39 is 6.09 Å². The quantitative estimate of drug-likeness (QED) is 0.701. The zero-order valence-electron chi connectivity index (χ0n) is 10.5. The predicted molar refractivity (Wildman–Crippen MR) is 62.8 cm³/mol. The van der Waals surface area contributed by atoms with E-state index in [4.69, 9.17) is 5.11 Å². The molecule has 0 aromatic heterocycles. The number of likely N-dealkylation sites (tertiary alicyclic amines) is 1. The number of piperidine rings is 1. The second-order valence-corrected chi connectivity index (χ2v) is 4.75. The van der Waals surface area contributed by atoms with Crippen molar-refractivity contribution in [2.45, 2.75) is 32.7 Å². The van der Waals surface area contributed by atoms with Gasteiger partial charge in [-0.1, -0.05) is 0 Å². The van der Waals surface area contributed by atoms with Gasteiger partial charge in [0.15, 0.2) is 0 Å². The van der Waals surface area contributed by atoms with Crippen molar-refractivity contribution in [2.24, 2.45) is 0 Å². The highest BCUT2D eigenvalue weighted by Crippen LogP contribution is 2.26. The summed E-state index contributed by atoms with van der Waals surface area (Å²) in [5.74, 6) is -0.565. The fourth-order valence-corrected chi connectivity index (χ4v) is 2.45. The van der Waals surface area contributed by atoms with Crippen LogP contribution >= 0.6 is 0 Å². The third-order valence-electron chi connectivity index (χ3n) is 3.67. The predicted octanol–water partition coefficient (Wildman–Crippen LogP) is 0.834. The van der Waals surface area contributed by atoms with Crippen LogP contribution in [0.3, 0.4) is 0 Å². The number of carbonyl (C=O) groups is 3. The first-order chi connectivity index (χ1) is 8.43. The molecule has 0 aromatic rings. The molecule has 0 spiro atoms. The molecule has 1 unspecified atom stereocenters.